The van der Waals surface area contributed by atoms with Crippen LogP contribution in [0.2, 0.25) is 0 Å². The minimum Gasteiger partial charge on any atom is -0.467 e. The van der Waals surface area contributed by atoms with Crippen molar-refractivity contribution in [1.29, 1.82) is 0 Å². The number of hydrogen-bond donors (Lipinski definition) is 1. The van der Waals surface area contributed by atoms with Crippen LogP contribution in [0.5, 0.6) is 0 Å². The van der Waals surface area contributed by atoms with E-state index in [-0.39, 0.29) is 6.42 Å². The molecule has 3 atom stereocenters. The number of aliphatic hydroxyl groups excluding tert-OH is 1. The van der Waals surface area contributed by atoms with Gasteiger partial charge in [-0.3, -0.25) is 0 Å². The lowest BCUT2D eigenvalue weighted by Crippen LogP contribution is -2.38. The van der Waals surface area contributed by atoms with Gasteiger partial charge >= 0.3 is 11.9 Å². The third kappa shape index (κ3) is 2.63. The van der Waals surface area contributed by atoms with Crippen molar-refractivity contribution in [1.82, 2.24) is 0 Å². The van der Waals surface area contributed by atoms with Crippen molar-refractivity contribution in [2.45, 2.75) is 36.9 Å². The fourth-order valence-electron chi connectivity index (χ4n) is 2.26. The van der Waals surface area contributed by atoms with E-state index in [0.29, 0.717) is 6.42 Å². The van der Waals surface area contributed by atoms with Gasteiger partial charge in [-0.25, -0.2) is 9.59 Å². The maximum absolute atomic E-state index is 11.6. The van der Waals surface area contributed by atoms with Crippen LogP contribution in [0.3, 0.4) is 0 Å². The second-order valence-corrected chi connectivity index (χ2v) is 4.44. The lowest BCUT2D eigenvalue weighted by atomic mass is 9.98. The van der Waals surface area contributed by atoms with Gasteiger partial charge in [-0.05, 0) is 0 Å². The predicted molar refractivity (Wildman–Crippen MR) is 60.9 cm³/mol. The van der Waals surface area contributed by atoms with Crippen molar-refractivity contribution < 1.29 is 33.6 Å². The predicted octanol–water partition coefficient (Wildman–Crippen LogP) is -0.476. The van der Waals surface area contributed by atoms with Gasteiger partial charge in [0.15, 0.2) is 18.0 Å². The van der Waals surface area contributed by atoms with Gasteiger partial charge < -0.3 is 24.1 Å². The fraction of sp³-hybridized carbons (Fsp3) is 0.667. The Morgan fingerprint density at radius 1 is 1.21 bits per heavy atom. The van der Waals surface area contributed by atoms with Crippen LogP contribution >= 0.6 is 0 Å². The van der Waals surface area contributed by atoms with E-state index < -0.39 is 36.0 Å². The van der Waals surface area contributed by atoms with E-state index >= 15 is 0 Å². The van der Waals surface area contributed by atoms with Crippen LogP contribution in [-0.4, -0.2) is 55.4 Å². The zero-order chi connectivity index (χ0) is 14.0. The first kappa shape index (κ1) is 14.0. The van der Waals surface area contributed by atoms with Crippen molar-refractivity contribution in [3.05, 3.63) is 12.2 Å². The van der Waals surface area contributed by atoms with Crippen molar-refractivity contribution in [2.24, 2.45) is 0 Å². The van der Waals surface area contributed by atoms with E-state index in [1.54, 1.807) is 12.2 Å². The van der Waals surface area contributed by atoms with Crippen LogP contribution in [0.25, 0.3) is 0 Å². The molecule has 19 heavy (non-hydrogen) atoms. The summed E-state index contributed by atoms with van der Waals surface area (Å²) in [5, 5.41) is 9.62. The molecule has 1 saturated heterocycles. The highest BCUT2D eigenvalue weighted by Crippen LogP contribution is 2.39. The fourth-order valence-corrected chi connectivity index (χ4v) is 2.26. The van der Waals surface area contributed by atoms with E-state index in [1.165, 1.54) is 14.2 Å². The molecule has 0 aromatic rings. The molecule has 106 valence electrons. The first-order valence-electron chi connectivity index (χ1n) is 5.87. The van der Waals surface area contributed by atoms with Gasteiger partial charge in [-0.15, -0.1) is 0 Å². The molecule has 1 N–H and O–H groups in total. The van der Waals surface area contributed by atoms with Crippen LogP contribution in [0.4, 0.5) is 0 Å². The molecule has 7 nitrogen and oxygen atoms in total. The number of methoxy groups -OCH3 is 2. The van der Waals surface area contributed by atoms with Crippen LogP contribution in [0.15, 0.2) is 12.2 Å². The van der Waals surface area contributed by atoms with E-state index in [2.05, 4.69) is 9.47 Å². The molecule has 0 radical (unpaired) electrons. The Labute approximate surface area is 110 Å². The monoisotopic (exact) mass is 272 g/mol. The average molecular weight is 272 g/mol. The summed E-state index contributed by atoms with van der Waals surface area (Å²) in [6.07, 6.45) is 0.657. The second kappa shape index (κ2) is 5.28. The van der Waals surface area contributed by atoms with Gasteiger partial charge in [-0.1, -0.05) is 12.2 Å². The maximum Gasteiger partial charge on any atom is 0.338 e. The molecule has 0 saturated carbocycles. The summed E-state index contributed by atoms with van der Waals surface area (Å²) in [4.78, 5) is 23.3. The quantitative estimate of drug-likeness (QED) is 0.536. The van der Waals surface area contributed by atoms with E-state index in [0.717, 1.165) is 0 Å². The van der Waals surface area contributed by atoms with Gasteiger partial charge in [0.1, 0.15) is 0 Å². The zero-order valence-electron chi connectivity index (χ0n) is 10.7. The Hall–Kier alpha value is -1.44. The van der Waals surface area contributed by atoms with Crippen LogP contribution in [0, 0.1) is 0 Å². The zero-order valence-corrected chi connectivity index (χ0v) is 10.7. The Morgan fingerprint density at radius 3 is 2.16 bits per heavy atom. The lowest BCUT2D eigenvalue weighted by molar-refractivity contribution is -0.200. The molecule has 1 aliphatic carbocycles. The third-order valence-corrected chi connectivity index (χ3v) is 3.13. The standard InChI is InChI=1S/C12H16O7/c1-16-10(14)8-9(11(15)17-2)19-12(18-8)5-3-4-7(13)6-12/h3-4,7-9,13H,5-6H2,1-2H3/t7?,8-,9-/m1/s1. The van der Waals surface area contributed by atoms with Crippen LogP contribution < -0.4 is 0 Å². The van der Waals surface area contributed by atoms with Crippen LogP contribution in [0.1, 0.15) is 12.8 Å². The van der Waals surface area contributed by atoms with E-state index in [9.17, 15) is 14.7 Å². The highest BCUT2D eigenvalue weighted by Gasteiger charge is 2.55. The molecule has 1 aliphatic heterocycles. The normalized spacial score (nSPS) is 32.3. The smallest absolute Gasteiger partial charge is 0.338 e. The Balaban J connectivity index is 2.22. The van der Waals surface area contributed by atoms with Gasteiger partial charge in [0.2, 0.25) is 0 Å². The number of carbonyl (C=O) groups is 2. The van der Waals surface area contributed by atoms with E-state index in [1.807, 2.05) is 0 Å². The summed E-state index contributed by atoms with van der Waals surface area (Å²) >= 11 is 0. The average Bonchev–Trinajstić information content (AvgIpc) is 2.76. The molecule has 1 spiro atoms. The Kier molecular flexibility index (Phi) is 3.88. The summed E-state index contributed by atoms with van der Waals surface area (Å²) in [5.41, 5.74) is 0. The SMILES string of the molecule is COC(=O)[C@@H]1OC2(CC=CC(O)C2)O[C@H]1C(=O)OC. The highest BCUT2D eigenvalue weighted by molar-refractivity contribution is 5.86. The molecule has 0 aromatic carbocycles. The third-order valence-electron chi connectivity index (χ3n) is 3.13. The topological polar surface area (TPSA) is 91.3 Å². The summed E-state index contributed by atoms with van der Waals surface area (Å²) in [7, 11) is 2.39. The molecule has 1 heterocycles. The number of aliphatic hydroxyl groups is 1. The molecule has 0 bridgehead atoms. The summed E-state index contributed by atoms with van der Waals surface area (Å²) < 4.78 is 20.3. The molecular formula is C12H16O7. The number of esters is 2. The molecule has 1 fully saturated rings. The molecule has 2 aliphatic rings. The van der Waals surface area contributed by atoms with Crippen LogP contribution in [-0.2, 0) is 28.5 Å². The molecular weight excluding hydrogens is 256 g/mol. The Morgan fingerprint density at radius 2 is 1.74 bits per heavy atom. The minimum atomic E-state index is -1.19. The van der Waals surface area contributed by atoms with Crippen molar-refractivity contribution in [3.8, 4) is 0 Å². The molecule has 0 amide bonds. The molecule has 2 rings (SSSR count). The number of carbonyl (C=O) groups excluding carboxylic acids is 2. The lowest BCUT2D eigenvalue weighted by Gasteiger charge is -2.31. The van der Waals surface area contributed by atoms with Gasteiger partial charge in [0.05, 0.1) is 20.3 Å². The number of ether oxygens (including phenoxy) is 4. The van der Waals surface area contributed by atoms with Crippen molar-refractivity contribution >= 4 is 11.9 Å². The second-order valence-electron chi connectivity index (χ2n) is 4.44. The largest absolute Gasteiger partial charge is 0.467 e. The van der Waals surface area contributed by atoms with Gasteiger partial charge in [0, 0.05) is 12.8 Å². The van der Waals surface area contributed by atoms with Gasteiger partial charge in [-0.2, -0.15) is 0 Å². The van der Waals surface area contributed by atoms with Gasteiger partial charge in [0.25, 0.3) is 0 Å². The molecule has 0 aromatic heterocycles. The van der Waals surface area contributed by atoms with Crippen molar-refractivity contribution in [3.63, 3.8) is 0 Å². The first-order valence-corrected chi connectivity index (χ1v) is 5.87. The van der Waals surface area contributed by atoms with Crippen molar-refractivity contribution in [2.75, 3.05) is 14.2 Å². The maximum atomic E-state index is 11.6. The summed E-state index contributed by atoms with van der Waals surface area (Å²) in [5.74, 6) is -2.61. The first-order chi connectivity index (χ1) is 9.01. The molecule has 1 unspecified atom stereocenters. The Bertz CT molecular complexity index is 379. The number of hydrogen-bond acceptors (Lipinski definition) is 7. The highest BCUT2D eigenvalue weighted by atomic mass is 16.8. The molecule has 7 heteroatoms. The summed E-state index contributed by atoms with van der Waals surface area (Å²) in [6.45, 7) is 0. The summed E-state index contributed by atoms with van der Waals surface area (Å²) in [6, 6.07) is 0. The number of rotatable bonds is 2. The minimum absolute atomic E-state index is 0.143. The van der Waals surface area contributed by atoms with E-state index in [4.69, 9.17) is 9.47 Å².